The monoisotopic (exact) mass is 402 g/mol. The molecule has 0 saturated carbocycles. The number of rotatable bonds is 6. The maximum Gasteiger partial charge on any atom is 0.277 e. The molecule has 0 unspecified atom stereocenters. The van der Waals surface area contributed by atoms with Crippen molar-refractivity contribution >= 4 is 28.1 Å². The van der Waals surface area contributed by atoms with Gasteiger partial charge in [-0.1, -0.05) is 43.7 Å². The first kappa shape index (κ1) is 19.2. The number of halogens is 1. The lowest BCUT2D eigenvalue weighted by molar-refractivity contribution is -0.123. The van der Waals surface area contributed by atoms with E-state index in [2.05, 4.69) is 46.4 Å². The predicted octanol–water partition coefficient (Wildman–Crippen LogP) is 4.72. The predicted molar refractivity (Wildman–Crippen MR) is 105 cm³/mol. The standard InChI is InChI=1S/C20H23BrN2O2/c1-13(2)16-7-8-19(18(21)10-16)25-12-20(24)23-22-11-17-6-5-14(3)9-15(17)4/h5-11,13H,12H2,1-4H3,(H,23,24)/b22-11+. The number of nitrogens with zero attached hydrogens (tertiary/aromatic N) is 1. The third-order valence-corrected chi connectivity index (χ3v) is 4.42. The molecule has 0 bridgehead atoms. The summed E-state index contributed by atoms with van der Waals surface area (Å²) < 4.78 is 6.38. The van der Waals surface area contributed by atoms with Gasteiger partial charge in [0, 0.05) is 0 Å². The first-order valence-corrected chi connectivity index (χ1v) is 8.97. The van der Waals surface area contributed by atoms with E-state index in [9.17, 15) is 4.79 Å². The highest BCUT2D eigenvalue weighted by Crippen LogP contribution is 2.28. The summed E-state index contributed by atoms with van der Waals surface area (Å²) in [6, 6.07) is 11.9. The zero-order chi connectivity index (χ0) is 18.4. The average molecular weight is 403 g/mol. The summed E-state index contributed by atoms with van der Waals surface area (Å²) in [4.78, 5) is 11.9. The van der Waals surface area contributed by atoms with E-state index >= 15 is 0 Å². The molecule has 1 N–H and O–H groups in total. The molecule has 132 valence electrons. The third-order valence-electron chi connectivity index (χ3n) is 3.80. The van der Waals surface area contributed by atoms with Gasteiger partial charge >= 0.3 is 0 Å². The number of hydrogen-bond donors (Lipinski definition) is 1. The summed E-state index contributed by atoms with van der Waals surface area (Å²) in [5, 5.41) is 3.99. The van der Waals surface area contributed by atoms with Crippen LogP contribution in [0.25, 0.3) is 0 Å². The molecule has 2 aromatic rings. The van der Waals surface area contributed by atoms with E-state index < -0.39 is 0 Å². The van der Waals surface area contributed by atoms with Crippen LogP contribution in [0.2, 0.25) is 0 Å². The second kappa shape index (κ2) is 8.81. The van der Waals surface area contributed by atoms with E-state index in [1.54, 1.807) is 6.21 Å². The van der Waals surface area contributed by atoms with Crippen molar-refractivity contribution in [2.45, 2.75) is 33.6 Å². The van der Waals surface area contributed by atoms with Gasteiger partial charge in [-0.25, -0.2) is 5.43 Å². The van der Waals surface area contributed by atoms with Crippen LogP contribution in [-0.2, 0) is 4.79 Å². The van der Waals surface area contributed by atoms with Crippen LogP contribution in [0, 0.1) is 13.8 Å². The quantitative estimate of drug-likeness (QED) is 0.561. The first-order valence-electron chi connectivity index (χ1n) is 8.18. The number of nitrogens with one attached hydrogen (secondary N) is 1. The number of benzene rings is 2. The molecule has 0 spiro atoms. The van der Waals surface area contributed by atoms with E-state index in [4.69, 9.17) is 4.74 Å². The van der Waals surface area contributed by atoms with Gasteiger partial charge < -0.3 is 4.74 Å². The van der Waals surface area contributed by atoms with Crippen molar-refractivity contribution in [3.05, 3.63) is 63.1 Å². The number of aryl methyl sites for hydroxylation is 2. The minimum atomic E-state index is -0.305. The summed E-state index contributed by atoms with van der Waals surface area (Å²) in [5.41, 5.74) is 6.97. The largest absolute Gasteiger partial charge is 0.483 e. The average Bonchev–Trinajstić information content (AvgIpc) is 2.55. The zero-order valence-electron chi connectivity index (χ0n) is 15.0. The number of ether oxygens (including phenoxy) is 1. The lowest BCUT2D eigenvalue weighted by atomic mass is 10.0. The highest BCUT2D eigenvalue weighted by molar-refractivity contribution is 9.10. The molecule has 2 rings (SSSR count). The van der Waals surface area contributed by atoms with Crippen LogP contribution in [0.5, 0.6) is 5.75 Å². The molecule has 0 atom stereocenters. The number of carbonyl (C=O) groups excluding carboxylic acids is 1. The lowest BCUT2D eigenvalue weighted by Gasteiger charge is -2.10. The van der Waals surface area contributed by atoms with Crippen LogP contribution < -0.4 is 10.2 Å². The second-order valence-electron chi connectivity index (χ2n) is 6.29. The summed E-state index contributed by atoms with van der Waals surface area (Å²) in [5.74, 6) is 0.770. The Balaban J connectivity index is 1.87. The van der Waals surface area contributed by atoms with Gasteiger partial charge in [0.15, 0.2) is 6.61 Å². The van der Waals surface area contributed by atoms with Crippen molar-refractivity contribution in [2.24, 2.45) is 5.10 Å². The van der Waals surface area contributed by atoms with E-state index in [1.165, 1.54) is 11.1 Å². The Morgan fingerprint density at radius 2 is 2.00 bits per heavy atom. The first-order chi connectivity index (χ1) is 11.9. The highest BCUT2D eigenvalue weighted by Gasteiger charge is 2.07. The molecule has 1 amide bonds. The Kier molecular flexibility index (Phi) is 6.76. The number of amides is 1. The van der Waals surface area contributed by atoms with Gasteiger partial charge in [0.05, 0.1) is 10.7 Å². The molecule has 0 heterocycles. The van der Waals surface area contributed by atoms with Crippen molar-refractivity contribution in [2.75, 3.05) is 6.61 Å². The number of hydrazone groups is 1. The Morgan fingerprint density at radius 1 is 1.24 bits per heavy atom. The SMILES string of the molecule is Cc1ccc(/C=N/NC(=O)COc2ccc(C(C)C)cc2Br)c(C)c1. The van der Waals surface area contributed by atoms with E-state index in [0.717, 1.165) is 15.6 Å². The Morgan fingerprint density at radius 3 is 2.64 bits per heavy atom. The Bertz CT molecular complexity index is 785. The van der Waals surface area contributed by atoms with Gasteiger partial charge in [-0.3, -0.25) is 4.79 Å². The van der Waals surface area contributed by atoms with Crippen molar-refractivity contribution in [1.82, 2.24) is 5.43 Å². The molecule has 5 heteroatoms. The number of carbonyl (C=O) groups is 1. The van der Waals surface area contributed by atoms with E-state index in [1.807, 2.05) is 44.2 Å². The molecular weight excluding hydrogens is 380 g/mol. The Hall–Kier alpha value is -2.14. The normalized spacial score (nSPS) is 11.1. The molecule has 2 aromatic carbocycles. The molecule has 0 aliphatic heterocycles. The van der Waals surface area contributed by atoms with Crippen LogP contribution in [0.4, 0.5) is 0 Å². The molecule has 4 nitrogen and oxygen atoms in total. The minimum Gasteiger partial charge on any atom is -0.483 e. The lowest BCUT2D eigenvalue weighted by Crippen LogP contribution is -2.24. The Labute approximate surface area is 157 Å². The van der Waals surface area contributed by atoms with Crippen LogP contribution in [-0.4, -0.2) is 18.7 Å². The van der Waals surface area contributed by atoms with Gasteiger partial charge in [0.2, 0.25) is 0 Å². The maximum atomic E-state index is 11.9. The topological polar surface area (TPSA) is 50.7 Å². The fourth-order valence-electron chi connectivity index (χ4n) is 2.31. The number of hydrogen-bond acceptors (Lipinski definition) is 3. The van der Waals surface area contributed by atoms with E-state index in [-0.39, 0.29) is 12.5 Å². The molecule has 0 fully saturated rings. The van der Waals surface area contributed by atoms with Crippen molar-refractivity contribution in [3.8, 4) is 5.75 Å². The van der Waals surface area contributed by atoms with E-state index in [0.29, 0.717) is 11.7 Å². The summed E-state index contributed by atoms with van der Waals surface area (Å²) in [7, 11) is 0. The van der Waals surface area contributed by atoms with Gasteiger partial charge in [0.1, 0.15) is 5.75 Å². The second-order valence-corrected chi connectivity index (χ2v) is 7.14. The molecule has 0 aliphatic carbocycles. The molecule has 25 heavy (non-hydrogen) atoms. The molecule has 0 radical (unpaired) electrons. The highest BCUT2D eigenvalue weighted by atomic mass is 79.9. The van der Waals surface area contributed by atoms with Crippen molar-refractivity contribution in [3.63, 3.8) is 0 Å². The van der Waals surface area contributed by atoms with Crippen molar-refractivity contribution in [1.29, 1.82) is 0 Å². The van der Waals surface area contributed by atoms with Gasteiger partial charge in [-0.15, -0.1) is 0 Å². The third kappa shape index (κ3) is 5.71. The molecular formula is C20H23BrN2O2. The fraction of sp³-hybridized carbons (Fsp3) is 0.300. The van der Waals surface area contributed by atoms with Crippen LogP contribution >= 0.6 is 15.9 Å². The van der Waals surface area contributed by atoms with Gasteiger partial charge in [-0.2, -0.15) is 5.10 Å². The maximum absolute atomic E-state index is 11.9. The molecule has 0 aromatic heterocycles. The summed E-state index contributed by atoms with van der Waals surface area (Å²) >= 11 is 3.48. The molecule has 0 aliphatic rings. The smallest absolute Gasteiger partial charge is 0.277 e. The zero-order valence-corrected chi connectivity index (χ0v) is 16.6. The van der Waals surface area contributed by atoms with Crippen LogP contribution in [0.1, 0.15) is 42.0 Å². The van der Waals surface area contributed by atoms with Crippen LogP contribution in [0.3, 0.4) is 0 Å². The summed E-state index contributed by atoms with van der Waals surface area (Å²) in [6.07, 6.45) is 1.64. The molecule has 0 saturated heterocycles. The van der Waals surface area contributed by atoms with Gasteiger partial charge in [0.25, 0.3) is 5.91 Å². The fourth-order valence-corrected chi connectivity index (χ4v) is 2.82. The van der Waals surface area contributed by atoms with Crippen molar-refractivity contribution < 1.29 is 9.53 Å². The summed E-state index contributed by atoms with van der Waals surface area (Å²) in [6.45, 7) is 8.22. The minimum absolute atomic E-state index is 0.0934. The van der Waals surface area contributed by atoms with Gasteiger partial charge in [-0.05, 0) is 64.5 Å². The van der Waals surface area contributed by atoms with Crippen LogP contribution in [0.15, 0.2) is 46.0 Å².